The van der Waals surface area contributed by atoms with Crippen molar-refractivity contribution in [1.29, 1.82) is 5.26 Å². The summed E-state index contributed by atoms with van der Waals surface area (Å²) in [6, 6.07) is 23.7. The molecule has 250 valence electrons. The van der Waals surface area contributed by atoms with Crippen LogP contribution in [0.1, 0.15) is 77.0 Å². The van der Waals surface area contributed by atoms with Crippen molar-refractivity contribution in [3.05, 3.63) is 111 Å². The molecule has 0 spiro atoms. The van der Waals surface area contributed by atoms with E-state index >= 15 is 0 Å². The summed E-state index contributed by atoms with van der Waals surface area (Å²) in [5, 5.41) is 18.9. The largest absolute Gasteiger partial charge is 0.496 e. The Kier molecular flexibility index (Phi) is 11.6. The SMILES string of the molecule is COc1cc(Cl)c(C(=O)N[C@H](Cc2ccc(C#N)cc2)C(=O)NC2CCC(N)CC2)cc1-c1ccc(CN[C@H](C)c2ccc(C)cc2)o1. The molecule has 0 saturated heterocycles. The second kappa shape index (κ2) is 16.0. The molecular formula is C38H42ClN5O4. The maximum atomic E-state index is 13.8. The van der Waals surface area contributed by atoms with Crippen LogP contribution in [0.3, 0.4) is 0 Å². The van der Waals surface area contributed by atoms with Crippen LogP contribution in [0.2, 0.25) is 5.02 Å². The van der Waals surface area contributed by atoms with Crippen molar-refractivity contribution in [3.63, 3.8) is 0 Å². The van der Waals surface area contributed by atoms with E-state index in [9.17, 15) is 14.9 Å². The number of carbonyl (C=O) groups is 2. The average molecular weight is 668 g/mol. The number of halogens is 1. The van der Waals surface area contributed by atoms with Crippen LogP contribution in [0.5, 0.6) is 5.75 Å². The standard InChI is InChI=1S/C38H42ClN5O4/c1-23-4-10-27(11-5-23)24(2)42-22-30-16-17-35(48-30)32-19-31(33(39)20-36(32)47-3)37(45)44-34(18-25-6-8-26(21-40)9-7-25)38(46)43-29-14-12-28(41)13-15-29/h4-11,16-17,19-20,24,28-29,34,42H,12-15,18,22,41H2,1-3H3,(H,43,46)(H,44,45)/t24-,28?,29?,34-/m1/s1. The zero-order chi connectivity index (χ0) is 34.2. The molecule has 1 aliphatic rings. The lowest BCUT2D eigenvalue weighted by atomic mass is 9.91. The normalized spacial score (nSPS) is 17.2. The summed E-state index contributed by atoms with van der Waals surface area (Å²) in [6.07, 6.45) is 3.45. The van der Waals surface area contributed by atoms with Crippen LogP contribution in [-0.4, -0.2) is 37.0 Å². The van der Waals surface area contributed by atoms with Gasteiger partial charge in [-0.3, -0.25) is 9.59 Å². The van der Waals surface area contributed by atoms with Gasteiger partial charge in [0.05, 0.1) is 41.4 Å². The second-order valence-electron chi connectivity index (χ2n) is 12.5. The minimum Gasteiger partial charge on any atom is -0.496 e. The highest BCUT2D eigenvalue weighted by molar-refractivity contribution is 6.34. The van der Waals surface area contributed by atoms with E-state index < -0.39 is 11.9 Å². The highest BCUT2D eigenvalue weighted by atomic mass is 35.5. The topological polar surface area (TPSA) is 142 Å². The summed E-state index contributed by atoms with van der Waals surface area (Å²) in [5.41, 5.74) is 10.5. The Morgan fingerprint density at radius 3 is 2.42 bits per heavy atom. The van der Waals surface area contributed by atoms with Gasteiger partial charge in [0.15, 0.2) is 0 Å². The van der Waals surface area contributed by atoms with Gasteiger partial charge in [0, 0.05) is 30.6 Å². The zero-order valence-corrected chi connectivity index (χ0v) is 28.3. The first kappa shape index (κ1) is 34.7. The predicted molar refractivity (Wildman–Crippen MR) is 187 cm³/mol. The fraction of sp³-hybridized carbons (Fsp3) is 0.342. The number of furan rings is 1. The Hall–Kier alpha value is -4.62. The summed E-state index contributed by atoms with van der Waals surface area (Å²) in [5.74, 6) is 0.875. The van der Waals surface area contributed by atoms with Crippen molar-refractivity contribution < 1.29 is 18.7 Å². The van der Waals surface area contributed by atoms with Gasteiger partial charge in [0.2, 0.25) is 5.91 Å². The number of ether oxygens (including phenoxy) is 1. The first-order chi connectivity index (χ1) is 23.1. The lowest BCUT2D eigenvalue weighted by Crippen LogP contribution is -2.51. The monoisotopic (exact) mass is 667 g/mol. The van der Waals surface area contributed by atoms with E-state index in [0.29, 0.717) is 29.2 Å². The van der Waals surface area contributed by atoms with Crippen molar-refractivity contribution in [3.8, 4) is 23.1 Å². The van der Waals surface area contributed by atoms with E-state index in [1.54, 1.807) is 36.4 Å². The Bertz CT molecular complexity index is 1760. The Morgan fingerprint density at radius 2 is 1.75 bits per heavy atom. The van der Waals surface area contributed by atoms with Gasteiger partial charge in [-0.05, 0) is 81.0 Å². The van der Waals surface area contributed by atoms with Crippen molar-refractivity contribution >= 4 is 23.4 Å². The third-order valence-electron chi connectivity index (χ3n) is 8.88. The minimum atomic E-state index is -0.889. The number of nitrogens with zero attached hydrogens (tertiary/aromatic N) is 1. The zero-order valence-electron chi connectivity index (χ0n) is 27.5. The molecule has 1 heterocycles. The number of amides is 2. The highest BCUT2D eigenvalue weighted by Gasteiger charge is 2.28. The molecule has 0 bridgehead atoms. The van der Waals surface area contributed by atoms with Gasteiger partial charge >= 0.3 is 0 Å². The Labute approximate surface area is 286 Å². The lowest BCUT2D eigenvalue weighted by molar-refractivity contribution is -0.123. The molecule has 5 N–H and O–H groups in total. The summed E-state index contributed by atoms with van der Waals surface area (Å²) in [6.45, 7) is 4.66. The Morgan fingerprint density at radius 1 is 1.04 bits per heavy atom. The second-order valence-corrected chi connectivity index (χ2v) is 12.9. The van der Waals surface area contributed by atoms with Gasteiger partial charge in [-0.15, -0.1) is 0 Å². The van der Waals surface area contributed by atoms with Crippen LogP contribution in [-0.2, 0) is 17.8 Å². The number of aryl methyl sites for hydroxylation is 1. The molecule has 1 fully saturated rings. The van der Waals surface area contributed by atoms with E-state index in [2.05, 4.69) is 60.1 Å². The molecule has 10 heteroatoms. The molecule has 1 saturated carbocycles. The van der Waals surface area contributed by atoms with Crippen LogP contribution in [0.4, 0.5) is 0 Å². The predicted octanol–water partition coefficient (Wildman–Crippen LogP) is 6.37. The van der Waals surface area contributed by atoms with E-state index in [1.165, 1.54) is 18.2 Å². The Balaban J connectivity index is 1.34. The van der Waals surface area contributed by atoms with Gasteiger partial charge in [-0.2, -0.15) is 5.26 Å². The first-order valence-corrected chi connectivity index (χ1v) is 16.6. The minimum absolute atomic E-state index is 0.0173. The molecule has 0 radical (unpaired) electrons. The lowest BCUT2D eigenvalue weighted by Gasteiger charge is -2.29. The molecule has 3 aromatic carbocycles. The molecule has 2 atom stereocenters. The first-order valence-electron chi connectivity index (χ1n) is 16.3. The fourth-order valence-corrected chi connectivity index (χ4v) is 6.14. The van der Waals surface area contributed by atoms with Crippen molar-refractivity contribution in [1.82, 2.24) is 16.0 Å². The molecule has 48 heavy (non-hydrogen) atoms. The molecule has 2 amide bonds. The van der Waals surface area contributed by atoms with Crippen LogP contribution >= 0.6 is 11.6 Å². The number of nitrogens with two attached hydrogens (primary N) is 1. The number of nitriles is 1. The average Bonchev–Trinajstić information content (AvgIpc) is 3.57. The van der Waals surface area contributed by atoms with Gasteiger partial charge in [-0.25, -0.2) is 0 Å². The van der Waals surface area contributed by atoms with Gasteiger partial charge in [0.1, 0.15) is 23.3 Å². The van der Waals surface area contributed by atoms with E-state index in [4.69, 9.17) is 26.5 Å². The number of hydrogen-bond acceptors (Lipinski definition) is 7. The van der Waals surface area contributed by atoms with Crippen LogP contribution in [0, 0.1) is 18.3 Å². The van der Waals surface area contributed by atoms with Crippen LogP contribution < -0.4 is 26.4 Å². The summed E-state index contributed by atoms with van der Waals surface area (Å²) >= 11 is 6.62. The van der Waals surface area contributed by atoms with E-state index in [-0.39, 0.29) is 41.0 Å². The number of methoxy groups -OCH3 is 1. The molecule has 1 aliphatic carbocycles. The number of carbonyl (C=O) groups excluding carboxylic acids is 2. The van der Waals surface area contributed by atoms with Crippen molar-refractivity contribution in [2.45, 2.75) is 76.7 Å². The highest BCUT2D eigenvalue weighted by Crippen LogP contribution is 2.36. The summed E-state index contributed by atoms with van der Waals surface area (Å²) in [7, 11) is 1.53. The van der Waals surface area contributed by atoms with Gasteiger partial charge in [-0.1, -0.05) is 53.6 Å². The van der Waals surface area contributed by atoms with E-state index in [0.717, 1.165) is 37.0 Å². The van der Waals surface area contributed by atoms with Crippen molar-refractivity contribution in [2.75, 3.05) is 7.11 Å². The summed E-state index contributed by atoms with van der Waals surface area (Å²) in [4.78, 5) is 27.4. The molecular weight excluding hydrogens is 626 g/mol. The third-order valence-corrected chi connectivity index (χ3v) is 9.20. The molecule has 4 aromatic rings. The molecule has 9 nitrogen and oxygen atoms in total. The number of benzene rings is 3. The summed E-state index contributed by atoms with van der Waals surface area (Å²) < 4.78 is 11.8. The molecule has 5 rings (SSSR count). The maximum absolute atomic E-state index is 13.8. The van der Waals surface area contributed by atoms with Gasteiger partial charge in [0.25, 0.3) is 5.91 Å². The quantitative estimate of drug-likeness (QED) is 0.138. The van der Waals surface area contributed by atoms with Crippen LogP contribution in [0.25, 0.3) is 11.3 Å². The number of hydrogen-bond donors (Lipinski definition) is 4. The number of rotatable bonds is 12. The van der Waals surface area contributed by atoms with E-state index in [1.807, 2.05) is 12.1 Å². The smallest absolute Gasteiger partial charge is 0.253 e. The molecule has 1 aromatic heterocycles. The number of nitrogens with one attached hydrogen (secondary N) is 3. The fourth-order valence-electron chi connectivity index (χ4n) is 5.90. The van der Waals surface area contributed by atoms with Crippen molar-refractivity contribution in [2.24, 2.45) is 5.73 Å². The van der Waals surface area contributed by atoms with Gasteiger partial charge < -0.3 is 30.8 Å². The third kappa shape index (κ3) is 8.84. The maximum Gasteiger partial charge on any atom is 0.253 e. The van der Waals surface area contributed by atoms with Crippen LogP contribution in [0.15, 0.2) is 77.2 Å². The molecule has 0 aliphatic heterocycles. The molecule has 0 unspecified atom stereocenters.